The Hall–Kier alpha value is -2.67. The molecule has 3 aliphatic rings. The van der Waals surface area contributed by atoms with Gasteiger partial charge in [-0.1, -0.05) is 0 Å². The number of H-pyrrole nitrogens is 1. The number of nitrogens with zero attached hydrogens (tertiary/aromatic N) is 4. The Morgan fingerprint density at radius 1 is 1.04 bits per heavy atom. The van der Waals surface area contributed by atoms with Crippen molar-refractivity contribution in [3.05, 3.63) is 36.2 Å². The quantitative estimate of drug-likeness (QED) is 0.663. The van der Waals surface area contributed by atoms with Gasteiger partial charge in [0.05, 0.1) is 11.7 Å². The molecule has 7 heteroatoms. The highest BCUT2D eigenvalue weighted by molar-refractivity contribution is 5.83. The molecule has 138 valence electrons. The van der Waals surface area contributed by atoms with Crippen LogP contribution in [0.3, 0.4) is 0 Å². The maximum absolute atomic E-state index is 5.01. The molecule has 2 unspecified atom stereocenters. The molecular formula is C20H23N7. The van der Waals surface area contributed by atoms with Crippen molar-refractivity contribution in [2.75, 3.05) is 23.3 Å². The van der Waals surface area contributed by atoms with Crippen LogP contribution in [0.15, 0.2) is 30.6 Å². The fourth-order valence-electron chi connectivity index (χ4n) is 4.56. The average molecular weight is 361 g/mol. The average Bonchev–Trinajstić information content (AvgIpc) is 3.37. The summed E-state index contributed by atoms with van der Waals surface area (Å²) in [5, 5.41) is 15.3. The molecule has 2 aliphatic heterocycles. The summed E-state index contributed by atoms with van der Waals surface area (Å²) < 4.78 is 0. The number of rotatable bonds is 4. The summed E-state index contributed by atoms with van der Waals surface area (Å²) in [5.74, 6) is 2.43. The predicted molar refractivity (Wildman–Crippen MR) is 106 cm³/mol. The Morgan fingerprint density at radius 2 is 1.89 bits per heavy atom. The molecule has 0 amide bonds. The van der Waals surface area contributed by atoms with Crippen LogP contribution in [0.1, 0.15) is 37.2 Å². The number of aromatic nitrogens is 4. The number of hydrogen-bond donors (Lipinski definition) is 3. The summed E-state index contributed by atoms with van der Waals surface area (Å²) >= 11 is 0. The number of nitrogens with one attached hydrogen (secondary N) is 3. The van der Waals surface area contributed by atoms with E-state index < -0.39 is 0 Å². The minimum atomic E-state index is 0.519. The van der Waals surface area contributed by atoms with Gasteiger partial charge in [0.15, 0.2) is 0 Å². The van der Waals surface area contributed by atoms with Crippen molar-refractivity contribution in [2.24, 2.45) is 0 Å². The third kappa shape index (κ3) is 2.65. The topological polar surface area (TPSA) is 81.8 Å². The van der Waals surface area contributed by atoms with Crippen LogP contribution < -0.4 is 15.5 Å². The fourth-order valence-corrected chi connectivity index (χ4v) is 4.56. The van der Waals surface area contributed by atoms with Crippen molar-refractivity contribution in [2.45, 2.75) is 43.7 Å². The maximum Gasteiger partial charge on any atom is 0.227 e. The molecular weight excluding hydrogens is 338 g/mol. The van der Waals surface area contributed by atoms with Gasteiger partial charge in [0, 0.05) is 48.0 Å². The van der Waals surface area contributed by atoms with Gasteiger partial charge in [-0.2, -0.15) is 10.1 Å². The lowest BCUT2D eigenvalue weighted by molar-refractivity contribution is 0.477. The number of anilines is 3. The second-order valence-electron chi connectivity index (χ2n) is 8.00. The minimum absolute atomic E-state index is 0.519. The maximum atomic E-state index is 5.01. The molecule has 1 aliphatic carbocycles. The predicted octanol–water partition coefficient (Wildman–Crippen LogP) is 2.91. The van der Waals surface area contributed by atoms with E-state index in [-0.39, 0.29) is 0 Å². The zero-order valence-corrected chi connectivity index (χ0v) is 15.2. The second kappa shape index (κ2) is 5.92. The Balaban J connectivity index is 1.37. The Kier molecular flexibility index (Phi) is 3.38. The highest BCUT2D eigenvalue weighted by Gasteiger charge is 2.38. The molecule has 0 spiro atoms. The van der Waals surface area contributed by atoms with Gasteiger partial charge in [-0.3, -0.25) is 5.10 Å². The molecule has 7 nitrogen and oxygen atoms in total. The van der Waals surface area contributed by atoms with Gasteiger partial charge in [0.25, 0.3) is 0 Å². The van der Waals surface area contributed by atoms with Crippen molar-refractivity contribution < 1.29 is 0 Å². The summed E-state index contributed by atoms with van der Waals surface area (Å²) in [6.45, 7) is 2.06. The largest absolute Gasteiger partial charge is 0.340 e. The van der Waals surface area contributed by atoms with E-state index in [0.717, 1.165) is 41.4 Å². The van der Waals surface area contributed by atoms with Crippen molar-refractivity contribution in [1.82, 2.24) is 25.5 Å². The summed E-state index contributed by atoms with van der Waals surface area (Å²) in [6.07, 6.45) is 8.83. The monoisotopic (exact) mass is 361 g/mol. The first-order chi connectivity index (χ1) is 13.3. The van der Waals surface area contributed by atoms with Gasteiger partial charge in [-0.25, -0.2) is 4.98 Å². The second-order valence-corrected chi connectivity index (χ2v) is 8.00. The van der Waals surface area contributed by atoms with Crippen molar-refractivity contribution in [1.29, 1.82) is 0 Å². The zero-order chi connectivity index (χ0) is 17.8. The SMILES string of the molecule is c1cc2[nH]ncc2cc1Nc1nc(N2C3CCC2CNC3)ncc1C1CC1. The van der Waals surface area contributed by atoms with E-state index >= 15 is 0 Å². The van der Waals surface area contributed by atoms with E-state index in [0.29, 0.717) is 18.0 Å². The molecule has 2 saturated heterocycles. The van der Waals surface area contributed by atoms with Gasteiger partial charge >= 0.3 is 0 Å². The summed E-state index contributed by atoms with van der Waals surface area (Å²) in [7, 11) is 0. The van der Waals surface area contributed by atoms with Crippen molar-refractivity contribution >= 4 is 28.4 Å². The molecule has 0 radical (unpaired) electrons. The van der Waals surface area contributed by atoms with Crippen LogP contribution in [0, 0.1) is 0 Å². The molecule has 3 aromatic rings. The first-order valence-corrected chi connectivity index (χ1v) is 9.91. The van der Waals surface area contributed by atoms with Crippen molar-refractivity contribution in [3.8, 4) is 0 Å². The van der Waals surface area contributed by atoms with Crippen LogP contribution in [0.5, 0.6) is 0 Å². The number of aromatic amines is 1. The minimum Gasteiger partial charge on any atom is -0.340 e. The normalized spacial score (nSPS) is 24.5. The highest BCUT2D eigenvalue weighted by Crippen LogP contribution is 2.44. The van der Waals surface area contributed by atoms with E-state index in [1.807, 2.05) is 6.20 Å². The lowest BCUT2D eigenvalue weighted by Gasteiger charge is -2.35. The van der Waals surface area contributed by atoms with E-state index in [1.54, 1.807) is 0 Å². The van der Waals surface area contributed by atoms with E-state index in [1.165, 1.54) is 31.2 Å². The molecule has 4 heterocycles. The lowest BCUT2D eigenvalue weighted by atomic mass is 10.2. The number of benzene rings is 1. The fraction of sp³-hybridized carbons (Fsp3) is 0.450. The van der Waals surface area contributed by atoms with Gasteiger partial charge in [-0.15, -0.1) is 0 Å². The molecule has 3 fully saturated rings. The number of piperazine rings is 1. The first kappa shape index (κ1) is 15.4. The third-order valence-electron chi connectivity index (χ3n) is 6.14. The van der Waals surface area contributed by atoms with E-state index in [4.69, 9.17) is 9.97 Å². The van der Waals surface area contributed by atoms with Gasteiger partial charge < -0.3 is 15.5 Å². The van der Waals surface area contributed by atoms with E-state index in [2.05, 4.69) is 50.1 Å². The Labute approximate surface area is 157 Å². The molecule has 1 aromatic carbocycles. The smallest absolute Gasteiger partial charge is 0.227 e. The van der Waals surface area contributed by atoms with Crippen LogP contribution in [0.4, 0.5) is 17.5 Å². The Bertz CT molecular complexity index is 977. The van der Waals surface area contributed by atoms with Crippen LogP contribution >= 0.6 is 0 Å². The van der Waals surface area contributed by atoms with Gasteiger partial charge in [-0.05, 0) is 49.8 Å². The standard InChI is InChI=1S/C20H23N7/c1-2-12(1)17-11-22-20(27-15-4-5-16(27)10-21-9-15)25-19(17)24-14-3-6-18-13(7-14)8-23-26-18/h3,6-8,11-12,15-16,21H,1-2,4-5,9-10H2,(H,23,26)(H,22,24,25). The first-order valence-electron chi connectivity index (χ1n) is 9.91. The zero-order valence-electron chi connectivity index (χ0n) is 15.2. The molecule has 6 rings (SSSR count). The van der Waals surface area contributed by atoms with Gasteiger partial charge in [0.1, 0.15) is 5.82 Å². The third-order valence-corrected chi connectivity index (χ3v) is 6.14. The summed E-state index contributed by atoms with van der Waals surface area (Å²) in [6, 6.07) is 7.29. The van der Waals surface area contributed by atoms with Crippen LogP contribution in [0.2, 0.25) is 0 Å². The Morgan fingerprint density at radius 3 is 2.70 bits per heavy atom. The number of fused-ring (bicyclic) bond motifs is 3. The van der Waals surface area contributed by atoms with Crippen LogP contribution in [-0.2, 0) is 0 Å². The molecule has 2 bridgehead atoms. The van der Waals surface area contributed by atoms with E-state index in [9.17, 15) is 0 Å². The van der Waals surface area contributed by atoms with Crippen LogP contribution in [-0.4, -0.2) is 45.3 Å². The molecule has 3 N–H and O–H groups in total. The molecule has 2 atom stereocenters. The molecule has 2 aromatic heterocycles. The number of hydrogen-bond acceptors (Lipinski definition) is 6. The summed E-state index contributed by atoms with van der Waals surface area (Å²) in [4.78, 5) is 12.2. The molecule has 1 saturated carbocycles. The highest BCUT2D eigenvalue weighted by atomic mass is 15.4. The van der Waals surface area contributed by atoms with Crippen LogP contribution in [0.25, 0.3) is 10.9 Å². The molecule has 27 heavy (non-hydrogen) atoms. The van der Waals surface area contributed by atoms with Crippen molar-refractivity contribution in [3.63, 3.8) is 0 Å². The lowest BCUT2D eigenvalue weighted by Crippen LogP contribution is -2.52. The van der Waals surface area contributed by atoms with Gasteiger partial charge in [0.2, 0.25) is 5.95 Å². The summed E-state index contributed by atoms with van der Waals surface area (Å²) in [5.41, 5.74) is 3.33.